The number of thioether (sulfide) groups is 1. The fourth-order valence-corrected chi connectivity index (χ4v) is 3.47. The molecule has 0 saturated heterocycles. The molecule has 0 bridgehead atoms. The van der Waals surface area contributed by atoms with Crippen LogP contribution in [0.15, 0.2) is 23.1 Å². The molecule has 5 nitrogen and oxygen atoms in total. The highest BCUT2D eigenvalue weighted by Gasteiger charge is 2.18. The molecule has 0 aliphatic rings. The average molecular weight is 318 g/mol. The van der Waals surface area contributed by atoms with Crippen LogP contribution in [0.25, 0.3) is 0 Å². The molecular weight excluding hydrogens is 296 g/mol. The molecule has 7 heteroatoms. The van der Waals surface area contributed by atoms with Gasteiger partial charge in [0, 0.05) is 12.3 Å². The monoisotopic (exact) mass is 318 g/mol. The van der Waals surface area contributed by atoms with Crippen LogP contribution in [0.2, 0.25) is 0 Å². The predicted molar refractivity (Wildman–Crippen MR) is 84.2 cm³/mol. The van der Waals surface area contributed by atoms with Gasteiger partial charge < -0.3 is 10.1 Å². The number of rotatable bonds is 9. The van der Waals surface area contributed by atoms with E-state index in [2.05, 4.69) is 10.0 Å². The van der Waals surface area contributed by atoms with E-state index in [1.807, 2.05) is 13.3 Å². The topological polar surface area (TPSA) is 67.4 Å². The lowest BCUT2D eigenvalue weighted by atomic mass is 10.1. The molecule has 0 unspecified atom stereocenters. The molecular formula is C13H22N2O3S2. The molecule has 0 aromatic heterocycles. The summed E-state index contributed by atoms with van der Waals surface area (Å²) in [6.07, 6.45) is 2.58. The van der Waals surface area contributed by atoms with Crippen molar-refractivity contribution in [2.75, 3.05) is 39.3 Å². The van der Waals surface area contributed by atoms with Crippen LogP contribution < -0.4 is 14.8 Å². The smallest absolute Gasteiger partial charge is 0.240 e. The van der Waals surface area contributed by atoms with Crippen LogP contribution in [0.1, 0.15) is 5.56 Å². The van der Waals surface area contributed by atoms with Gasteiger partial charge in [-0.15, -0.1) is 0 Å². The van der Waals surface area contributed by atoms with Crippen molar-refractivity contribution in [2.24, 2.45) is 0 Å². The maximum Gasteiger partial charge on any atom is 0.240 e. The molecule has 0 spiro atoms. The highest BCUT2D eigenvalue weighted by molar-refractivity contribution is 7.98. The second-order valence-corrected chi connectivity index (χ2v) is 6.94. The molecule has 0 aliphatic carbocycles. The number of methoxy groups -OCH3 is 1. The molecule has 20 heavy (non-hydrogen) atoms. The van der Waals surface area contributed by atoms with Crippen molar-refractivity contribution in [3.63, 3.8) is 0 Å². The fourth-order valence-electron chi connectivity index (χ4n) is 1.76. The highest BCUT2D eigenvalue weighted by Crippen LogP contribution is 2.22. The van der Waals surface area contributed by atoms with Gasteiger partial charge in [-0.2, -0.15) is 11.8 Å². The Kier molecular flexibility index (Phi) is 7.36. The van der Waals surface area contributed by atoms with Gasteiger partial charge in [-0.25, -0.2) is 13.1 Å². The lowest BCUT2D eigenvalue weighted by Gasteiger charge is -2.13. The Labute approximate surface area is 125 Å². The Bertz CT molecular complexity index is 518. The molecule has 0 fully saturated rings. The first-order valence-corrected chi connectivity index (χ1v) is 9.23. The molecule has 1 aromatic carbocycles. The number of hydrogen-bond donors (Lipinski definition) is 2. The van der Waals surface area contributed by atoms with Gasteiger partial charge in [0.2, 0.25) is 10.0 Å². The molecule has 114 valence electrons. The number of nitrogens with one attached hydrogen (secondary N) is 2. The first-order chi connectivity index (χ1) is 9.55. The number of benzene rings is 1. The summed E-state index contributed by atoms with van der Waals surface area (Å²) in [5.74, 6) is 1.42. The molecule has 2 N–H and O–H groups in total. The van der Waals surface area contributed by atoms with Crippen molar-refractivity contribution in [1.29, 1.82) is 0 Å². The van der Waals surface area contributed by atoms with Crippen molar-refractivity contribution in [2.45, 2.75) is 11.3 Å². The van der Waals surface area contributed by atoms with E-state index < -0.39 is 10.0 Å². The second-order valence-electron chi connectivity index (χ2n) is 4.22. The zero-order valence-corrected chi connectivity index (χ0v) is 13.7. The predicted octanol–water partition coefficient (Wildman–Crippen LogP) is 1.10. The zero-order valence-electron chi connectivity index (χ0n) is 12.1. The maximum atomic E-state index is 12.3. The first-order valence-electron chi connectivity index (χ1n) is 6.35. The molecule has 0 radical (unpaired) electrons. The van der Waals surface area contributed by atoms with Gasteiger partial charge in [-0.05, 0) is 50.0 Å². The standard InChI is InChI=1S/C13H22N2O3S2/c1-14-7-6-11-10-12(18-2)4-5-13(11)20(16,17)15-8-9-19-3/h4-5,10,14-15H,6-9H2,1-3H3. The van der Waals surface area contributed by atoms with Crippen LogP contribution in [0.4, 0.5) is 0 Å². The van der Waals surface area contributed by atoms with Crippen molar-refractivity contribution in [3.8, 4) is 5.75 Å². The van der Waals surface area contributed by atoms with Crippen LogP contribution in [-0.4, -0.2) is 47.7 Å². The zero-order chi connectivity index (χ0) is 15.0. The van der Waals surface area contributed by atoms with E-state index in [0.29, 0.717) is 30.2 Å². The summed E-state index contributed by atoms with van der Waals surface area (Å²) >= 11 is 1.60. The van der Waals surface area contributed by atoms with E-state index in [4.69, 9.17) is 4.74 Å². The van der Waals surface area contributed by atoms with Gasteiger partial charge in [0.15, 0.2) is 0 Å². The molecule has 0 atom stereocenters. The van der Waals surface area contributed by atoms with Crippen molar-refractivity contribution < 1.29 is 13.2 Å². The van der Waals surface area contributed by atoms with E-state index in [0.717, 1.165) is 11.3 Å². The highest BCUT2D eigenvalue weighted by atomic mass is 32.2. The van der Waals surface area contributed by atoms with Gasteiger partial charge in [-0.1, -0.05) is 0 Å². The van der Waals surface area contributed by atoms with Gasteiger partial charge in [0.1, 0.15) is 5.75 Å². The Morgan fingerprint density at radius 1 is 1.30 bits per heavy atom. The third kappa shape index (κ3) is 4.97. The van der Waals surface area contributed by atoms with Gasteiger partial charge >= 0.3 is 0 Å². The van der Waals surface area contributed by atoms with E-state index >= 15 is 0 Å². The number of ether oxygens (including phenoxy) is 1. The lowest BCUT2D eigenvalue weighted by Crippen LogP contribution is -2.27. The minimum Gasteiger partial charge on any atom is -0.497 e. The number of sulfonamides is 1. The normalized spacial score (nSPS) is 11.6. The van der Waals surface area contributed by atoms with Gasteiger partial charge in [0.05, 0.1) is 12.0 Å². The van der Waals surface area contributed by atoms with E-state index in [1.54, 1.807) is 37.1 Å². The van der Waals surface area contributed by atoms with Crippen molar-refractivity contribution in [1.82, 2.24) is 10.0 Å². The lowest BCUT2D eigenvalue weighted by molar-refractivity contribution is 0.413. The molecule has 1 rings (SSSR count). The maximum absolute atomic E-state index is 12.3. The van der Waals surface area contributed by atoms with Crippen LogP contribution in [0, 0.1) is 0 Å². The van der Waals surface area contributed by atoms with Crippen LogP contribution in [0.5, 0.6) is 5.75 Å². The van der Waals surface area contributed by atoms with Crippen molar-refractivity contribution >= 4 is 21.8 Å². The minimum atomic E-state index is -3.47. The van der Waals surface area contributed by atoms with E-state index in [9.17, 15) is 8.42 Å². The van der Waals surface area contributed by atoms with Crippen molar-refractivity contribution in [3.05, 3.63) is 23.8 Å². The summed E-state index contributed by atoms with van der Waals surface area (Å²) in [6, 6.07) is 5.05. The summed E-state index contributed by atoms with van der Waals surface area (Å²) in [6.45, 7) is 1.14. The largest absolute Gasteiger partial charge is 0.497 e. The minimum absolute atomic E-state index is 0.328. The molecule has 1 aromatic rings. The average Bonchev–Trinajstić information content (AvgIpc) is 2.44. The van der Waals surface area contributed by atoms with Crippen LogP contribution in [-0.2, 0) is 16.4 Å². The Balaban J connectivity index is 3.01. The number of likely N-dealkylation sites (N-methyl/N-ethyl adjacent to an activating group) is 1. The van der Waals surface area contributed by atoms with Crippen LogP contribution in [0.3, 0.4) is 0 Å². The van der Waals surface area contributed by atoms with Gasteiger partial charge in [0.25, 0.3) is 0 Å². The molecule has 0 heterocycles. The number of hydrogen-bond acceptors (Lipinski definition) is 5. The third-order valence-electron chi connectivity index (χ3n) is 2.80. The van der Waals surface area contributed by atoms with Crippen LogP contribution >= 0.6 is 11.8 Å². The summed E-state index contributed by atoms with van der Waals surface area (Å²) in [7, 11) is -0.0554. The summed E-state index contributed by atoms with van der Waals surface area (Å²) in [4.78, 5) is 0.328. The third-order valence-corrected chi connectivity index (χ3v) is 4.97. The van der Waals surface area contributed by atoms with E-state index in [-0.39, 0.29) is 0 Å². The van der Waals surface area contributed by atoms with E-state index in [1.165, 1.54) is 0 Å². The summed E-state index contributed by atoms with van der Waals surface area (Å²) in [5.41, 5.74) is 0.760. The first kappa shape index (κ1) is 17.3. The Morgan fingerprint density at radius 3 is 2.65 bits per heavy atom. The Hall–Kier alpha value is -0.760. The molecule has 0 aliphatic heterocycles. The fraction of sp³-hybridized carbons (Fsp3) is 0.538. The van der Waals surface area contributed by atoms with Gasteiger partial charge in [-0.3, -0.25) is 0 Å². The molecule has 0 saturated carbocycles. The summed E-state index contributed by atoms with van der Waals surface area (Å²) in [5, 5.41) is 3.03. The summed E-state index contributed by atoms with van der Waals surface area (Å²) < 4.78 is 32.4. The SMILES string of the molecule is CNCCc1cc(OC)ccc1S(=O)(=O)NCCSC. The Morgan fingerprint density at radius 2 is 2.05 bits per heavy atom. The molecule has 0 amide bonds. The second kappa shape index (κ2) is 8.51. The quantitative estimate of drug-likeness (QED) is 0.667.